The first-order valence-corrected chi connectivity index (χ1v) is 14.7. The van der Waals surface area contributed by atoms with Gasteiger partial charge in [0, 0.05) is 11.6 Å². The molecule has 1 heterocycles. The highest BCUT2D eigenvalue weighted by Gasteiger charge is 2.28. The lowest BCUT2D eigenvalue weighted by molar-refractivity contribution is 0.364. The molecular formula is C32H54N2O. The number of hydrogen-bond donors (Lipinski definition) is 0. The fourth-order valence-corrected chi connectivity index (χ4v) is 5.31. The molecule has 0 aliphatic carbocycles. The molecule has 1 atom stereocenters. The van der Waals surface area contributed by atoms with Crippen LogP contribution in [0, 0.1) is 0 Å². The molecule has 1 unspecified atom stereocenters. The third kappa shape index (κ3) is 8.76. The van der Waals surface area contributed by atoms with Crippen LogP contribution in [0.25, 0.3) is 11.0 Å². The molecule has 0 aliphatic heterocycles. The zero-order chi connectivity index (χ0) is 25.7. The van der Waals surface area contributed by atoms with Crippen LogP contribution in [0.2, 0.25) is 0 Å². The summed E-state index contributed by atoms with van der Waals surface area (Å²) in [5.41, 5.74) is 4.50. The summed E-state index contributed by atoms with van der Waals surface area (Å²) in [7, 11) is 1.78. The quantitative estimate of drug-likeness (QED) is 0.198. The zero-order valence-corrected chi connectivity index (χ0v) is 24.1. The standard InChI is InChI=1S/C32H54N2O/c1-8-11-14-16-18-20-31(4,5)29-25-33-27-23-26(24-28(35-7)30(27)34-29)32(6,21-13-10-3)22-19-17-15-12-9-2/h23-25H,8-22H2,1-7H3. The largest absolute Gasteiger partial charge is 0.494 e. The minimum atomic E-state index is 0.0191. The average molecular weight is 483 g/mol. The predicted octanol–water partition coefficient (Wildman–Crippen LogP) is 10.1. The number of hydrogen-bond acceptors (Lipinski definition) is 3. The van der Waals surface area contributed by atoms with Gasteiger partial charge in [0.1, 0.15) is 11.3 Å². The number of rotatable bonds is 18. The average Bonchev–Trinajstić information content (AvgIpc) is 2.86. The second-order valence-corrected chi connectivity index (χ2v) is 11.7. The molecule has 35 heavy (non-hydrogen) atoms. The molecule has 1 aromatic carbocycles. The van der Waals surface area contributed by atoms with E-state index in [1.807, 2.05) is 6.20 Å². The van der Waals surface area contributed by atoms with Gasteiger partial charge in [0.25, 0.3) is 0 Å². The highest BCUT2D eigenvalue weighted by molar-refractivity contribution is 5.82. The van der Waals surface area contributed by atoms with E-state index >= 15 is 0 Å². The van der Waals surface area contributed by atoms with E-state index in [4.69, 9.17) is 14.7 Å². The summed E-state index contributed by atoms with van der Waals surface area (Å²) in [5.74, 6) is 0.874. The van der Waals surface area contributed by atoms with Crippen molar-refractivity contribution in [3.05, 3.63) is 29.6 Å². The molecule has 0 fully saturated rings. The number of methoxy groups -OCH3 is 1. The predicted molar refractivity (Wildman–Crippen MR) is 153 cm³/mol. The number of aromatic nitrogens is 2. The molecule has 0 saturated carbocycles. The Morgan fingerprint density at radius 2 is 1.29 bits per heavy atom. The summed E-state index contributed by atoms with van der Waals surface area (Å²) in [4.78, 5) is 10.1. The van der Waals surface area contributed by atoms with Gasteiger partial charge in [-0.2, -0.15) is 0 Å². The SMILES string of the molecule is CCCCCCCC(C)(C)c1cnc2cc(C(C)(CCCC)CCCCCCC)cc(OC)c2n1. The zero-order valence-electron chi connectivity index (χ0n) is 24.1. The lowest BCUT2D eigenvalue weighted by atomic mass is 9.74. The van der Waals surface area contributed by atoms with E-state index in [9.17, 15) is 0 Å². The van der Waals surface area contributed by atoms with E-state index in [0.29, 0.717) is 0 Å². The molecule has 0 aliphatic rings. The van der Waals surface area contributed by atoms with Crippen molar-refractivity contribution in [2.75, 3.05) is 7.11 Å². The van der Waals surface area contributed by atoms with E-state index < -0.39 is 0 Å². The number of unbranched alkanes of at least 4 members (excludes halogenated alkanes) is 9. The molecule has 0 bridgehead atoms. The van der Waals surface area contributed by atoms with E-state index in [1.165, 1.54) is 95.5 Å². The molecule has 198 valence electrons. The van der Waals surface area contributed by atoms with Crippen molar-refractivity contribution >= 4 is 11.0 Å². The molecule has 0 spiro atoms. The molecule has 0 amide bonds. The summed E-state index contributed by atoms with van der Waals surface area (Å²) in [5, 5.41) is 0. The van der Waals surface area contributed by atoms with Gasteiger partial charge < -0.3 is 4.74 Å². The van der Waals surface area contributed by atoms with Crippen LogP contribution in [0.3, 0.4) is 0 Å². The Bertz CT molecular complexity index is 875. The Morgan fingerprint density at radius 1 is 0.714 bits per heavy atom. The van der Waals surface area contributed by atoms with Gasteiger partial charge in [-0.3, -0.25) is 4.98 Å². The van der Waals surface area contributed by atoms with Crippen molar-refractivity contribution in [1.29, 1.82) is 0 Å². The molecule has 3 nitrogen and oxygen atoms in total. The van der Waals surface area contributed by atoms with Crippen LogP contribution in [0.4, 0.5) is 0 Å². The molecule has 1 aromatic heterocycles. The van der Waals surface area contributed by atoms with Crippen molar-refractivity contribution < 1.29 is 4.74 Å². The number of benzene rings is 1. The normalized spacial score (nSPS) is 13.8. The van der Waals surface area contributed by atoms with Gasteiger partial charge >= 0.3 is 0 Å². The Kier molecular flexibility index (Phi) is 12.5. The molecule has 2 rings (SSSR count). The highest BCUT2D eigenvalue weighted by Crippen LogP contribution is 2.39. The molecular weight excluding hydrogens is 428 g/mol. The number of fused-ring (bicyclic) bond motifs is 1. The van der Waals surface area contributed by atoms with Gasteiger partial charge in [-0.05, 0) is 42.4 Å². The molecule has 3 heteroatoms. The van der Waals surface area contributed by atoms with Gasteiger partial charge in [-0.25, -0.2) is 4.98 Å². The first kappa shape index (κ1) is 29.6. The van der Waals surface area contributed by atoms with Gasteiger partial charge in [-0.15, -0.1) is 0 Å². The van der Waals surface area contributed by atoms with Crippen molar-refractivity contribution in [3.8, 4) is 5.75 Å². The van der Waals surface area contributed by atoms with Crippen molar-refractivity contribution in [3.63, 3.8) is 0 Å². The van der Waals surface area contributed by atoms with E-state index in [0.717, 1.165) is 28.9 Å². The third-order valence-corrected chi connectivity index (χ3v) is 8.04. The molecule has 0 N–H and O–H groups in total. The Balaban J connectivity index is 2.29. The summed E-state index contributed by atoms with van der Waals surface area (Å²) in [6, 6.07) is 4.56. The lowest BCUT2D eigenvalue weighted by Gasteiger charge is -2.31. The van der Waals surface area contributed by atoms with Crippen LogP contribution in [-0.2, 0) is 10.8 Å². The van der Waals surface area contributed by atoms with Crippen LogP contribution in [0.5, 0.6) is 5.75 Å². The second-order valence-electron chi connectivity index (χ2n) is 11.7. The van der Waals surface area contributed by atoms with E-state index in [2.05, 4.69) is 53.7 Å². The highest BCUT2D eigenvalue weighted by atomic mass is 16.5. The monoisotopic (exact) mass is 482 g/mol. The second kappa shape index (κ2) is 14.8. The smallest absolute Gasteiger partial charge is 0.147 e. The third-order valence-electron chi connectivity index (χ3n) is 8.04. The minimum absolute atomic E-state index is 0.0191. The topological polar surface area (TPSA) is 35.0 Å². The lowest BCUT2D eigenvalue weighted by Crippen LogP contribution is -2.23. The van der Waals surface area contributed by atoms with Gasteiger partial charge in [0.2, 0.25) is 0 Å². The van der Waals surface area contributed by atoms with Crippen LogP contribution >= 0.6 is 0 Å². The van der Waals surface area contributed by atoms with Gasteiger partial charge in [0.05, 0.1) is 18.3 Å². The maximum Gasteiger partial charge on any atom is 0.147 e. The first-order valence-electron chi connectivity index (χ1n) is 14.7. The summed E-state index contributed by atoms with van der Waals surface area (Å²) in [6.45, 7) is 13.9. The van der Waals surface area contributed by atoms with E-state index in [-0.39, 0.29) is 10.8 Å². The van der Waals surface area contributed by atoms with Gasteiger partial charge in [0.15, 0.2) is 0 Å². The number of nitrogens with zero attached hydrogens (tertiary/aromatic N) is 2. The number of ether oxygens (including phenoxy) is 1. The van der Waals surface area contributed by atoms with Crippen LogP contribution in [0.1, 0.15) is 149 Å². The fraction of sp³-hybridized carbons (Fsp3) is 0.750. The molecule has 0 saturated heterocycles. The first-order chi connectivity index (χ1) is 16.8. The van der Waals surface area contributed by atoms with Crippen LogP contribution < -0.4 is 4.74 Å². The van der Waals surface area contributed by atoms with Crippen molar-refractivity contribution in [1.82, 2.24) is 9.97 Å². The van der Waals surface area contributed by atoms with Crippen molar-refractivity contribution in [2.45, 2.75) is 149 Å². The Morgan fingerprint density at radius 3 is 1.89 bits per heavy atom. The molecule has 0 radical (unpaired) electrons. The minimum Gasteiger partial charge on any atom is -0.494 e. The van der Waals surface area contributed by atoms with Gasteiger partial charge in [-0.1, -0.05) is 119 Å². The Hall–Kier alpha value is -1.64. The molecule has 2 aromatic rings. The van der Waals surface area contributed by atoms with Crippen LogP contribution in [-0.4, -0.2) is 17.1 Å². The summed E-state index contributed by atoms with van der Waals surface area (Å²) in [6.07, 6.45) is 21.2. The van der Waals surface area contributed by atoms with Crippen molar-refractivity contribution in [2.24, 2.45) is 0 Å². The maximum absolute atomic E-state index is 5.92. The summed E-state index contributed by atoms with van der Waals surface area (Å²) < 4.78 is 5.92. The van der Waals surface area contributed by atoms with E-state index in [1.54, 1.807) is 7.11 Å². The van der Waals surface area contributed by atoms with Crippen LogP contribution in [0.15, 0.2) is 18.3 Å². The Labute approximate surface area is 216 Å². The summed E-state index contributed by atoms with van der Waals surface area (Å²) >= 11 is 0. The maximum atomic E-state index is 5.92. The fourth-order valence-electron chi connectivity index (χ4n) is 5.31.